The molecule has 0 saturated carbocycles. The molecule has 0 atom stereocenters. The lowest BCUT2D eigenvalue weighted by atomic mass is 10.2. The smallest absolute Gasteiger partial charge is 0.313 e. The second kappa shape index (κ2) is 8.73. The van der Waals surface area contributed by atoms with E-state index in [1.54, 1.807) is 40.3 Å². The average molecular weight is 404 g/mol. The Balaban J connectivity index is 1.49. The predicted molar refractivity (Wildman–Crippen MR) is 113 cm³/mol. The largest absolute Gasteiger partial charge is 0.325 e. The van der Waals surface area contributed by atoms with Gasteiger partial charge in [0.15, 0.2) is 0 Å². The summed E-state index contributed by atoms with van der Waals surface area (Å²) in [4.78, 5) is 34.9. The van der Waals surface area contributed by atoms with Gasteiger partial charge in [-0.3, -0.25) is 14.6 Å². The molecule has 30 heavy (non-hydrogen) atoms. The molecule has 1 fully saturated rings. The van der Waals surface area contributed by atoms with Crippen LogP contribution in [0.1, 0.15) is 5.56 Å². The molecule has 0 radical (unpaired) electrons. The Morgan fingerprint density at radius 3 is 2.40 bits per heavy atom. The molecule has 1 aliphatic heterocycles. The molecule has 0 bridgehead atoms. The van der Waals surface area contributed by atoms with Gasteiger partial charge in [-0.25, -0.2) is 14.2 Å². The van der Waals surface area contributed by atoms with E-state index in [1.807, 2.05) is 36.4 Å². The Kier molecular flexibility index (Phi) is 5.70. The predicted octanol–water partition coefficient (Wildman–Crippen LogP) is 3.70. The number of rotatable bonds is 6. The summed E-state index contributed by atoms with van der Waals surface area (Å²) in [5, 5.41) is 0. The lowest BCUT2D eigenvalue weighted by Crippen LogP contribution is -2.42. The van der Waals surface area contributed by atoms with Crippen LogP contribution in [-0.2, 0) is 11.3 Å². The number of nitrogens with zero attached hydrogens (tertiary/aromatic N) is 4. The van der Waals surface area contributed by atoms with Gasteiger partial charge < -0.3 is 4.90 Å². The lowest BCUT2D eigenvalue weighted by Gasteiger charge is -2.25. The summed E-state index contributed by atoms with van der Waals surface area (Å²) >= 11 is 0. The van der Waals surface area contributed by atoms with Gasteiger partial charge in [0.05, 0.1) is 6.54 Å². The summed E-state index contributed by atoms with van der Waals surface area (Å²) in [5.74, 6) is -0.0374. The van der Waals surface area contributed by atoms with E-state index in [2.05, 4.69) is 4.98 Å². The molecule has 0 aliphatic carbocycles. The van der Waals surface area contributed by atoms with Crippen molar-refractivity contribution in [3.63, 3.8) is 0 Å². The molecule has 0 spiro atoms. The van der Waals surface area contributed by atoms with Gasteiger partial charge in [-0.15, -0.1) is 0 Å². The first-order valence-corrected chi connectivity index (χ1v) is 9.69. The van der Waals surface area contributed by atoms with Crippen molar-refractivity contribution >= 4 is 23.4 Å². The molecule has 0 unspecified atom stereocenters. The minimum absolute atomic E-state index is 0.0556. The molecule has 2 aromatic carbocycles. The van der Waals surface area contributed by atoms with Crippen LogP contribution in [0.4, 0.5) is 20.7 Å². The first-order valence-electron chi connectivity index (χ1n) is 9.69. The van der Waals surface area contributed by atoms with Crippen LogP contribution in [0.5, 0.6) is 0 Å². The van der Waals surface area contributed by atoms with E-state index < -0.39 is 0 Å². The van der Waals surface area contributed by atoms with Crippen molar-refractivity contribution in [3.8, 4) is 0 Å². The van der Waals surface area contributed by atoms with Gasteiger partial charge in [-0.2, -0.15) is 0 Å². The molecule has 7 heteroatoms. The van der Waals surface area contributed by atoms with Crippen LogP contribution in [0.3, 0.4) is 0 Å². The number of hydrogen-bond acceptors (Lipinski definition) is 3. The minimum Gasteiger partial charge on any atom is -0.313 e. The van der Waals surface area contributed by atoms with Gasteiger partial charge in [0.1, 0.15) is 18.2 Å². The maximum absolute atomic E-state index is 13.2. The van der Waals surface area contributed by atoms with Crippen molar-refractivity contribution in [3.05, 3.63) is 90.4 Å². The van der Waals surface area contributed by atoms with E-state index in [4.69, 9.17) is 0 Å². The molecule has 4 rings (SSSR count). The van der Waals surface area contributed by atoms with Crippen LogP contribution in [-0.4, -0.2) is 41.5 Å². The summed E-state index contributed by atoms with van der Waals surface area (Å²) in [7, 11) is 0. The number of aromatic nitrogens is 1. The second-order valence-corrected chi connectivity index (χ2v) is 6.99. The molecule has 152 valence electrons. The Morgan fingerprint density at radius 1 is 0.967 bits per heavy atom. The fraction of sp³-hybridized carbons (Fsp3) is 0.174. The molecule has 3 aromatic rings. The van der Waals surface area contributed by atoms with Crippen molar-refractivity contribution in [1.29, 1.82) is 0 Å². The lowest BCUT2D eigenvalue weighted by molar-refractivity contribution is -0.119. The highest BCUT2D eigenvalue weighted by Gasteiger charge is 2.32. The molecule has 2 heterocycles. The molecular weight excluding hydrogens is 383 g/mol. The molecule has 1 saturated heterocycles. The van der Waals surface area contributed by atoms with Crippen LogP contribution in [0.15, 0.2) is 79.0 Å². The highest BCUT2D eigenvalue weighted by atomic mass is 19.1. The Hall–Kier alpha value is -3.74. The van der Waals surface area contributed by atoms with Gasteiger partial charge in [0, 0.05) is 25.0 Å². The summed E-state index contributed by atoms with van der Waals surface area (Å²) in [5.41, 5.74) is 1.58. The van der Waals surface area contributed by atoms with E-state index in [0.29, 0.717) is 31.1 Å². The zero-order valence-corrected chi connectivity index (χ0v) is 16.3. The number of carbonyl (C=O) groups excluding carboxylic acids is 2. The zero-order chi connectivity index (χ0) is 20.9. The van der Waals surface area contributed by atoms with Crippen LogP contribution in [0.2, 0.25) is 0 Å². The molecule has 3 amide bonds. The number of amides is 3. The van der Waals surface area contributed by atoms with Crippen molar-refractivity contribution in [2.45, 2.75) is 6.54 Å². The first-order chi connectivity index (χ1) is 14.6. The molecule has 6 nitrogen and oxygen atoms in total. The van der Waals surface area contributed by atoms with Crippen LogP contribution >= 0.6 is 0 Å². The average Bonchev–Trinajstić information content (AvgIpc) is 3.14. The van der Waals surface area contributed by atoms with E-state index in [-0.39, 0.29) is 24.3 Å². The highest BCUT2D eigenvalue weighted by molar-refractivity contribution is 6.00. The summed E-state index contributed by atoms with van der Waals surface area (Å²) in [6, 6.07) is 20.5. The molecular formula is C23H21FN4O2. The first kappa shape index (κ1) is 19.6. The number of pyridine rings is 1. The third kappa shape index (κ3) is 4.30. The normalized spacial score (nSPS) is 13.6. The minimum atomic E-state index is -0.357. The Bertz CT molecular complexity index is 1010. The van der Waals surface area contributed by atoms with E-state index in [0.717, 1.165) is 5.56 Å². The maximum atomic E-state index is 13.2. The molecule has 1 aromatic heterocycles. The Morgan fingerprint density at radius 2 is 1.70 bits per heavy atom. The van der Waals surface area contributed by atoms with Crippen LogP contribution in [0.25, 0.3) is 0 Å². The van der Waals surface area contributed by atoms with Gasteiger partial charge in [-0.05, 0) is 42.0 Å². The fourth-order valence-corrected chi connectivity index (χ4v) is 3.41. The van der Waals surface area contributed by atoms with E-state index in [9.17, 15) is 14.0 Å². The number of urea groups is 1. The van der Waals surface area contributed by atoms with Crippen LogP contribution < -0.4 is 9.80 Å². The second-order valence-electron chi connectivity index (χ2n) is 6.99. The number of anilines is 2. The quantitative estimate of drug-likeness (QED) is 0.630. The van der Waals surface area contributed by atoms with Gasteiger partial charge in [0.2, 0.25) is 5.91 Å². The summed E-state index contributed by atoms with van der Waals surface area (Å²) in [6.07, 6.45) is 1.64. The van der Waals surface area contributed by atoms with Crippen molar-refractivity contribution in [2.75, 3.05) is 29.4 Å². The number of carbonyl (C=O) groups is 2. The van der Waals surface area contributed by atoms with E-state index in [1.165, 1.54) is 17.0 Å². The third-order valence-electron chi connectivity index (χ3n) is 4.97. The summed E-state index contributed by atoms with van der Waals surface area (Å²) < 4.78 is 13.2. The SMILES string of the molecule is O=C1N(CC(=O)N(Cc2ccccc2)c2ccccn2)CCN1c1ccc(F)cc1. The zero-order valence-electron chi connectivity index (χ0n) is 16.3. The van der Waals surface area contributed by atoms with Gasteiger partial charge in [0.25, 0.3) is 0 Å². The monoisotopic (exact) mass is 404 g/mol. The van der Waals surface area contributed by atoms with Gasteiger partial charge in [-0.1, -0.05) is 36.4 Å². The molecule has 0 N–H and O–H groups in total. The highest BCUT2D eigenvalue weighted by Crippen LogP contribution is 2.21. The summed E-state index contributed by atoms with van der Waals surface area (Å²) in [6.45, 7) is 1.17. The topological polar surface area (TPSA) is 56.8 Å². The number of hydrogen-bond donors (Lipinski definition) is 0. The van der Waals surface area contributed by atoms with Crippen molar-refractivity contribution in [2.24, 2.45) is 0 Å². The number of halogens is 1. The number of benzene rings is 2. The Labute approximate surface area is 174 Å². The van der Waals surface area contributed by atoms with E-state index >= 15 is 0 Å². The standard InChI is InChI=1S/C23H21FN4O2/c24-19-9-11-20(12-10-19)27-15-14-26(23(27)30)17-22(29)28(21-8-4-5-13-25-21)16-18-6-2-1-3-7-18/h1-13H,14-17H2. The van der Waals surface area contributed by atoms with Crippen LogP contribution in [0, 0.1) is 5.82 Å². The van der Waals surface area contributed by atoms with Crippen molar-refractivity contribution < 1.29 is 14.0 Å². The third-order valence-corrected chi connectivity index (χ3v) is 4.97. The van der Waals surface area contributed by atoms with Crippen molar-refractivity contribution in [1.82, 2.24) is 9.88 Å². The fourth-order valence-electron chi connectivity index (χ4n) is 3.41. The maximum Gasteiger partial charge on any atom is 0.325 e. The van der Waals surface area contributed by atoms with Gasteiger partial charge >= 0.3 is 6.03 Å². The molecule has 1 aliphatic rings.